The Morgan fingerprint density at radius 2 is 1.18 bits per heavy atom. The van der Waals surface area contributed by atoms with Gasteiger partial charge in [0.25, 0.3) is 0 Å². The first kappa shape index (κ1) is 13.3. The van der Waals surface area contributed by atoms with Crippen molar-refractivity contribution in [2.45, 2.75) is 5.92 Å². The molecule has 0 heterocycles. The summed E-state index contributed by atoms with van der Waals surface area (Å²) in [6.07, 6.45) is 0. The number of para-hydroxylation sites is 1. The molecule has 3 aromatic carbocycles. The van der Waals surface area contributed by atoms with E-state index in [4.69, 9.17) is 11.6 Å². The predicted octanol–water partition coefficient (Wildman–Crippen LogP) is 5.77. The molecule has 0 saturated heterocycles. The Labute approximate surface area is 134 Å². The van der Waals surface area contributed by atoms with E-state index >= 15 is 0 Å². The third kappa shape index (κ3) is 2.15. The summed E-state index contributed by atoms with van der Waals surface area (Å²) in [6, 6.07) is 26.7. The van der Waals surface area contributed by atoms with Gasteiger partial charge in [-0.15, -0.1) is 0 Å². The molecule has 3 aromatic rings. The maximum Gasteiger partial charge on any atom is 0.118 e. The van der Waals surface area contributed by atoms with Gasteiger partial charge in [-0.2, -0.15) is 0 Å². The molecule has 1 aliphatic carbocycles. The summed E-state index contributed by atoms with van der Waals surface area (Å²) in [5, 5.41) is 0.614. The van der Waals surface area contributed by atoms with Crippen LogP contribution < -0.4 is 0 Å². The molecule has 2 heteroatoms. The van der Waals surface area contributed by atoms with Gasteiger partial charge in [0, 0.05) is 0 Å². The van der Waals surface area contributed by atoms with Crippen LogP contribution in [0.15, 0.2) is 83.9 Å². The van der Waals surface area contributed by atoms with Gasteiger partial charge < -0.3 is 0 Å². The van der Waals surface area contributed by atoms with Crippen LogP contribution in [0.1, 0.15) is 17.0 Å². The number of hydrogen-bond donors (Lipinski definition) is 0. The minimum atomic E-state index is 0.0225. The van der Waals surface area contributed by atoms with Gasteiger partial charge in [0.15, 0.2) is 0 Å². The predicted molar refractivity (Wildman–Crippen MR) is 93.1 cm³/mol. The quantitative estimate of drug-likeness (QED) is 0.533. The standard InChI is InChI=1S/C20H14ClN/c21-20(22-14-8-2-1-3-9-14)19-17-12-6-4-10-15(17)16-11-5-7-13-18(16)19/h1-13,19H. The van der Waals surface area contributed by atoms with Crippen LogP contribution in [0.25, 0.3) is 11.1 Å². The summed E-state index contributed by atoms with van der Waals surface area (Å²) in [6.45, 7) is 0. The Kier molecular flexibility index (Phi) is 3.28. The first-order valence-corrected chi connectivity index (χ1v) is 7.70. The number of rotatable bonds is 2. The van der Waals surface area contributed by atoms with E-state index in [0.29, 0.717) is 5.17 Å². The average molecular weight is 304 g/mol. The van der Waals surface area contributed by atoms with E-state index in [2.05, 4.69) is 53.5 Å². The highest BCUT2D eigenvalue weighted by Crippen LogP contribution is 2.46. The normalized spacial score (nSPS) is 13.8. The Morgan fingerprint density at radius 1 is 0.682 bits per heavy atom. The third-order valence-electron chi connectivity index (χ3n) is 4.06. The second-order valence-electron chi connectivity index (χ2n) is 5.38. The minimum absolute atomic E-state index is 0.0225. The number of fused-ring (bicyclic) bond motifs is 3. The summed E-state index contributed by atoms with van der Waals surface area (Å²) in [7, 11) is 0. The fraction of sp³-hybridized carbons (Fsp3) is 0.0500. The lowest BCUT2D eigenvalue weighted by Gasteiger charge is -2.11. The van der Waals surface area contributed by atoms with Crippen LogP contribution in [-0.4, -0.2) is 5.17 Å². The van der Waals surface area contributed by atoms with Gasteiger partial charge in [0.1, 0.15) is 5.17 Å². The molecule has 0 unspecified atom stereocenters. The first-order chi connectivity index (χ1) is 10.8. The van der Waals surface area contributed by atoms with E-state index in [0.717, 1.165) is 5.69 Å². The molecular formula is C20H14ClN. The largest absolute Gasteiger partial charge is 0.240 e. The second kappa shape index (κ2) is 5.43. The summed E-state index contributed by atoms with van der Waals surface area (Å²) < 4.78 is 0. The highest BCUT2D eigenvalue weighted by atomic mass is 35.5. The summed E-state index contributed by atoms with van der Waals surface area (Å²) in [4.78, 5) is 4.62. The Bertz CT molecular complexity index is 807. The number of aliphatic imine (C=N–C) groups is 1. The smallest absolute Gasteiger partial charge is 0.118 e. The van der Waals surface area contributed by atoms with E-state index in [9.17, 15) is 0 Å². The topological polar surface area (TPSA) is 12.4 Å². The number of benzene rings is 3. The van der Waals surface area contributed by atoms with Crippen molar-refractivity contribution in [3.05, 3.63) is 90.0 Å². The molecule has 0 fully saturated rings. The molecule has 4 rings (SSSR count). The van der Waals surface area contributed by atoms with Gasteiger partial charge in [-0.25, -0.2) is 4.99 Å². The molecular weight excluding hydrogens is 290 g/mol. The van der Waals surface area contributed by atoms with Crippen molar-refractivity contribution in [2.24, 2.45) is 4.99 Å². The van der Waals surface area contributed by atoms with Crippen molar-refractivity contribution < 1.29 is 0 Å². The van der Waals surface area contributed by atoms with Crippen molar-refractivity contribution in [3.63, 3.8) is 0 Å². The Hall–Kier alpha value is -2.38. The van der Waals surface area contributed by atoms with Crippen molar-refractivity contribution >= 4 is 22.5 Å². The van der Waals surface area contributed by atoms with Crippen LogP contribution in [0.4, 0.5) is 5.69 Å². The molecule has 0 bridgehead atoms. The molecule has 0 aliphatic heterocycles. The Balaban J connectivity index is 1.87. The van der Waals surface area contributed by atoms with Crippen LogP contribution in [0, 0.1) is 0 Å². The maximum absolute atomic E-state index is 6.63. The van der Waals surface area contributed by atoms with Gasteiger partial charge in [0.2, 0.25) is 0 Å². The molecule has 0 spiro atoms. The highest BCUT2D eigenvalue weighted by Gasteiger charge is 2.31. The SMILES string of the molecule is ClC(=Nc1ccccc1)C1c2ccccc2-c2ccccc21. The third-order valence-corrected chi connectivity index (χ3v) is 4.37. The number of halogens is 1. The average Bonchev–Trinajstić information content (AvgIpc) is 2.90. The van der Waals surface area contributed by atoms with E-state index in [-0.39, 0.29) is 5.92 Å². The lowest BCUT2D eigenvalue weighted by Crippen LogP contribution is -2.05. The molecule has 0 N–H and O–H groups in total. The molecule has 22 heavy (non-hydrogen) atoms. The van der Waals surface area contributed by atoms with Gasteiger partial charge in [-0.3, -0.25) is 0 Å². The molecule has 1 aliphatic rings. The maximum atomic E-state index is 6.63. The zero-order valence-corrected chi connectivity index (χ0v) is 12.7. The molecule has 0 radical (unpaired) electrons. The molecule has 0 aromatic heterocycles. The zero-order chi connectivity index (χ0) is 14.9. The zero-order valence-electron chi connectivity index (χ0n) is 11.9. The van der Waals surface area contributed by atoms with Crippen LogP contribution in [0.2, 0.25) is 0 Å². The summed E-state index contributed by atoms with van der Waals surface area (Å²) in [5.74, 6) is 0.0225. The van der Waals surface area contributed by atoms with E-state index in [1.54, 1.807) is 0 Å². The molecule has 0 amide bonds. The number of nitrogens with zero attached hydrogens (tertiary/aromatic N) is 1. The first-order valence-electron chi connectivity index (χ1n) is 7.32. The highest BCUT2D eigenvalue weighted by molar-refractivity contribution is 6.67. The van der Waals surface area contributed by atoms with Crippen LogP contribution in [-0.2, 0) is 0 Å². The second-order valence-corrected chi connectivity index (χ2v) is 5.76. The van der Waals surface area contributed by atoms with Gasteiger partial charge in [-0.05, 0) is 34.4 Å². The van der Waals surface area contributed by atoms with E-state index < -0.39 is 0 Å². The summed E-state index contributed by atoms with van der Waals surface area (Å²) in [5.41, 5.74) is 5.85. The van der Waals surface area contributed by atoms with E-state index in [1.807, 2.05) is 30.3 Å². The minimum Gasteiger partial charge on any atom is -0.240 e. The number of hydrogen-bond acceptors (Lipinski definition) is 1. The van der Waals surface area contributed by atoms with Crippen molar-refractivity contribution in [1.29, 1.82) is 0 Å². The van der Waals surface area contributed by atoms with Crippen molar-refractivity contribution in [3.8, 4) is 11.1 Å². The van der Waals surface area contributed by atoms with E-state index in [1.165, 1.54) is 22.3 Å². The van der Waals surface area contributed by atoms with Crippen molar-refractivity contribution in [2.75, 3.05) is 0 Å². The Morgan fingerprint density at radius 3 is 1.77 bits per heavy atom. The van der Waals surface area contributed by atoms with Gasteiger partial charge in [-0.1, -0.05) is 78.3 Å². The van der Waals surface area contributed by atoms with Crippen LogP contribution >= 0.6 is 11.6 Å². The molecule has 106 valence electrons. The summed E-state index contributed by atoms with van der Waals surface area (Å²) >= 11 is 6.63. The monoisotopic (exact) mass is 303 g/mol. The molecule has 0 atom stereocenters. The van der Waals surface area contributed by atoms with Crippen LogP contribution in [0.5, 0.6) is 0 Å². The van der Waals surface area contributed by atoms with Crippen molar-refractivity contribution in [1.82, 2.24) is 0 Å². The van der Waals surface area contributed by atoms with Gasteiger partial charge >= 0.3 is 0 Å². The fourth-order valence-electron chi connectivity index (χ4n) is 3.10. The molecule has 0 saturated carbocycles. The van der Waals surface area contributed by atoms with Crippen LogP contribution in [0.3, 0.4) is 0 Å². The fourth-order valence-corrected chi connectivity index (χ4v) is 3.44. The lowest BCUT2D eigenvalue weighted by molar-refractivity contribution is 1.14. The molecule has 1 nitrogen and oxygen atoms in total. The lowest BCUT2D eigenvalue weighted by atomic mass is 9.98. The van der Waals surface area contributed by atoms with Gasteiger partial charge in [0.05, 0.1) is 11.6 Å².